The Morgan fingerprint density at radius 3 is 2.59 bits per heavy atom. The van der Waals surface area contributed by atoms with Crippen molar-refractivity contribution in [2.45, 2.75) is 45.3 Å². The molecule has 1 aliphatic heterocycles. The number of hydrogen-bond donors (Lipinski definition) is 0. The Kier molecular flexibility index (Phi) is 5.98. The summed E-state index contributed by atoms with van der Waals surface area (Å²) < 4.78 is 15.0. The quantitative estimate of drug-likeness (QED) is 0.622. The minimum Gasteiger partial charge on any atom is -0.364 e. The van der Waals surface area contributed by atoms with Crippen LogP contribution in [0.25, 0.3) is 11.0 Å². The molecule has 0 aliphatic carbocycles. The molecule has 6 nitrogen and oxygen atoms in total. The first-order valence-corrected chi connectivity index (χ1v) is 11.0. The molecule has 1 unspecified atom stereocenters. The third kappa shape index (κ3) is 3.87. The molecular weight excluding hydrogens is 405 g/mol. The number of piperazine rings is 1. The van der Waals surface area contributed by atoms with Gasteiger partial charge in [0, 0.05) is 44.3 Å². The van der Waals surface area contributed by atoms with Crippen molar-refractivity contribution in [2.24, 2.45) is 7.05 Å². The predicted octanol–water partition coefficient (Wildman–Crippen LogP) is 3.99. The molecule has 0 saturated carbocycles. The Morgan fingerprint density at radius 2 is 1.94 bits per heavy atom. The van der Waals surface area contributed by atoms with Crippen molar-refractivity contribution in [1.82, 2.24) is 14.5 Å². The van der Waals surface area contributed by atoms with Crippen molar-refractivity contribution in [3.63, 3.8) is 0 Å². The van der Waals surface area contributed by atoms with E-state index in [4.69, 9.17) is 0 Å². The van der Waals surface area contributed by atoms with Gasteiger partial charge in [-0.05, 0) is 50.1 Å². The average Bonchev–Trinajstić information content (AvgIpc) is 2.81. The van der Waals surface area contributed by atoms with E-state index in [0.717, 1.165) is 36.3 Å². The van der Waals surface area contributed by atoms with Crippen LogP contribution in [0.15, 0.2) is 47.3 Å². The maximum atomic E-state index is 13.4. The topological polar surface area (TPSA) is 65.2 Å². The van der Waals surface area contributed by atoms with Gasteiger partial charge in [0.1, 0.15) is 23.1 Å². The van der Waals surface area contributed by atoms with Gasteiger partial charge in [0.05, 0.1) is 11.2 Å². The highest BCUT2D eigenvalue weighted by Crippen LogP contribution is 2.33. The van der Waals surface area contributed by atoms with Crippen molar-refractivity contribution >= 4 is 16.7 Å². The third-order valence-corrected chi connectivity index (χ3v) is 6.70. The molecule has 4 rings (SSSR count). The normalized spacial score (nSPS) is 20.3. The van der Waals surface area contributed by atoms with Crippen molar-refractivity contribution in [3.8, 4) is 6.07 Å². The van der Waals surface area contributed by atoms with Crippen molar-refractivity contribution in [3.05, 3.63) is 69.9 Å². The van der Waals surface area contributed by atoms with Crippen LogP contribution in [-0.2, 0) is 7.05 Å². The summed E-state index contributed by atoms with van der Waals surface area (Å²) in [4.78, 5) is 22.0. The molecule has 1 aliphatic rings. The molecule has 0 bridgehead atoms. The fourth-order valence-corrected chi connectivity index (χ4v) is 4.77. The highest BCUT2D eigenvalue weighted by molar-refractivity contribution is 5.89. The number of pyridine rings is 2. The van der Waals surface area contributed by atoms with E-state index in [1.807, 2.05) is 12.1 Å². The van der Waals surface area contributed by atoms with E-state index in [9.17, 15) is 14.4 Å². The van der Waals surface area contributed by atoms with E-state index in [1.54, 1.807) is 29.8 Å². The molecule has 1 aromatic carbocycles. The number of aryl methyl sites for hydroxylation is 1. The number of aromatic nitrogens is 2. The first-order valence-electron chi connectivity index (χ1n) is 11.0. The lowest BCUT2D eigenvalue weighted by Gasteiger charge is -2.48. The number of halogens is 1. The molecule has 7 heteroatoms. The van der Waals surface area contributed by atoms with E-state index in [2.05, 4.69) is 41.6 Å². The van der Waals surface area contributed by atoms with Crippen LogP contribution in [0.3, 0.4) is 0 Å². The highest BCUT2D eigenvalue weighted by atomic mass is 19.1. The zero-order chi connectivity index (χ0) is 23.0. The number of nitrogens with zero attached hydrogens (tertiary/aromatic N) is 5. The van der Waals surface area contributed by atoms with Gasteiger partial charge in [0.15, 0.2) is 0 Å². The molecule has 166 valence electrons. The van der Waals surface area contributed by atoms with Gasteiger partial charge in [-0.1, -0.05) is 19.1 Å². The van der Waals surface area contributed by atoms with Gasteiger partial charge in [0.2, 0.25) is 0 Å². The molecular formula is C25H28FN5O. The lowest BCUT2D eigenvalue weighted by molar-refractivity contribution is 0.114. The Morgan fingerprint density at radius 1 is 1.22 bits per heavy atom. The van der Waals surface area contributed by atoms with Crippen LogP contribution in [0.2, 0.25) is 0 Å². The molecule has 0 spiro atoms. The summed E-state index contributed by atoms with van der Waals surface area (Å²) in [6.07, 6.45) is 0.897. The van der Waals surface area contributed by atoms with Crippen LogP contribution in [0.4, 0.5) is 10.1 Å². The second-order valence-electron chi connectivity index (χ2n) is 8.59. The smallest absolute Gasteiger partial charge is 0.252 e. The van der Waals surface area contributed by atoms with Crippen molar-refractivity contribution in [1.29, 1.82) is 5.26 Å². The minimum atomic E-state index is -0.230. The molecule has 0 amide bonds. The van der Waals surface area contributed by atoms with E-state index in [0.29, 0.717) is 11.2 Å². The van der Waals surface area contributed by atoms with Gasteiger partial charge >= 0.3 is 0 Å². The Balaban J connectivity index is 1.72. The SMILES string of the molecule is CC[C@H]1CN(C(C)c2ccc(F)cc2)[C@H](C)CN1c1cc(=O)n(C)c2ccc(C#N)nc12. The van der Waals surface area contributed by atoms with Gasteiger partial charge in [-0.3, -0.25) is 9.69 Å². The maximum Gasteiger partial charge on any atom is 0.252 e. The van der Waals surface area contributed by atoms with Gasteiger partial charge in [-0.15, -0.1) is 0 Å². The Bertz CT molecular complexity index is 1230. The second-order valence-corrected chi connectivity index (χ2v) is 8.59. The molecule has 32 heavy (non-hydrogen) atoms. The van der Waals surface area contributed by atoms with Gasteiger partial charge in [-0.2, -0.15) is 5.26 Å². The molecule has 0 radical (unpaired) electrons. The summed E-state index contributed by atoms with van der Waals surface area (Å²) in [6.45, 7) is 8.01. The zero-order valence-electron chi connectivity index (χ0n) is 18.9. The molecule has 3 atom stereocenters. The van der Waals surface area contributed by atoms with Crippen molar-refractivity contribution in [2.75, 3.05) is 18.0 Å². The highest BCUT2D eigenvalue weighted by Gasteiger charge is 2.35. The molecule has 3 heterocycles. The second kappa shape index (κ2) is 8.71. The number of fused-ring (bicyclic) bond motifs is 1. The van der Waals surface area contributed by atoms with Crippen LogP contribution >= 0.6 is 0 Å². The predicted molar refractivity (Wildman–Crippen MR) is 124 cm³/mol. The third-order valence-electron chi connectivity index (χ3n) is 6.70. The molecule has 3 aromatic rings. The molecule has 1 saturated heterocycles. The molecule has 0 N–H and O–H groups in total. The summed E-state index contributed by atoms with van der Waals surface area (Å²) in [6, 6.07) is 14.4. The van der Waals surface area contributed by atoms with Gasteiger partial charge in [0.25, 0.3) is 5.56 Å². The van der Waals surface area contributed by atoms with Gasteiger partial charge in [-0.25, -0.2) is 9.37 Å². The van der Waals surface area contributed by atoms with E-state index >= 15 is 0 Å². The largest absolute Gasteiger partial charge is 0.364 e. The molecule has 2 aromatic heterocycles. The maximum absolute atomic E-state index is 13.4. The van der Waals surface area contributed by atoms with Crippen LogP contribution in [0.1, 0.15) is 44.5 Å². The lowest BCUT2D eigenvalue weighted by Crippen LogP contribution is -2.58. The van der Waals surface area contributed by atoms with E-state index in [-0.39, 0.29) is 29.5 Å². The summed E-state index contributed by atoms with van der Waals surface area (Å²) >= 11 is 0. The van der Waals surface area contributed by atoms with Crippen LogP contribution in [0.5, 0.6) is 0 Å². The first-order chi connectivity index (χ1) is 15.3. The van der Waals surface area contributed by atoms with E-state index in [1.165, 1.54) is 12.1 Å². The van der Waals surface area contributed by atoms with Gasteiger partial charge < -0.3 is 9.47 Å². The fraction of sp³-hybridized carbons (Fsp3) is 0.400. The fourth-order valence-electron chi connectivity index (χ4n) is 4.77. The monoisotopic (exact) mass is 433 g/mol. The zero-order valence-corrected chi connectivity index (χ0v) is 18.9. The standard InChI is InChI=1S/C25H28FN5O/c1-5-21-15-30(17(3)18-6-8-19(26)9-7-18)16(2)14-31(21)23-12-24(32)29(4)22-11-10-20(13-27)28-25(22)23/h6-12,16-17,21H,5,14-15H2,1-4H3/t16-,17?,21+/m1/s1. The van der Waals surface area contributed by atoms with Crippen LogP contribution < -0.4 is 10.5 Å². The summed E-state index contributed by atoms with van der Waals surface area (Å²) in [5, 5.41) is 9.36. The number of nitriles is 1. The number of rotatable bonds is 4. The number of hydrogen-bond acceptors (Lipinski definition) is 5. The summed E-state index contributed by atoms with van der Waals surface area (Å²) in [5.41, 5.74) is 3.51. The number of benzene rings is 1. The minimum absolute atomic E-state index is 0.0939. The van der Waals surface area contributed by atoms with Crippen LogP contribution in [-0.4, -0.2) is 39.6 Å². The average molecular weight is 434 g/mol. The Hall–Kier alpha value is -3.24. The van der Waals surface area contributed by atoms with Crippen molar-refractivity contribution < 1.29 is 4.39 Å². The number of anilines is 1. The van der Waals surface area contributed by atoms with E-state index < -0.39 is 0 Å². The lowest BCUT2D eigenvalue weighted by atomic mass is 9.98. The Labute approximate surface area is 187 Å². The van der Waals surface area contributed by atoms with Crippen LogP contribution in [0, 0.1) is 17.1 Å². The summed E-state index contributed by atoms with van der Waals surface area (Å²) in [5.74, 6) is -0.230. The summed E-state index contributed by atoms with van der Waals surface area (Å²) in [7, 11) is 1.73. The first kappa shape index (κ1) is 22.0. The molecule has 1 fully saturated rings.